The summed E-state index contributed by atoms with van der Waals surface area (Å²) in [6, 6.07) is 8.44. The Hall–Kier alpha value is -1.07. The van der Waals surface area contributed by atoms with Gasteiger partial charge in [-0.1, -0.05) is 128 Å². The third-order valence-electron chi connectivity index (χ3n) is 5.42. The van der Waals surface area contributed by atoms with Crippen molar-refractivity contribution in [3.05, 3.63) is 30.3 Å². The number of hydrogen-bond acceptors (Lipinski definition) is 4. The van der Waals surface area contributed by atoms with E-state index in [-0.39, 0.29) is 12.4 Å². The second-order valence-corrected chi connectivity index (χ2v) is 9.50. The van der Waals surface area contributed by atoms with Gasteiger partial charge in [0.1, 0.15) is 5.75 Å². The number of hydrogen-bond donors (Lipinski definition) is 0. The van der Waals surface area contributed by atoms with Crippen LogP contribution >= 0.6 is 0 Å². The third kappa shape index (κ3) is 16.7. The van der Waals surface area contributed by atoms with Gasteiger partial charge in [-0.3, -0.25) is 0 Å². The summed E-state index contributed by atoms with van der Waals surface area (Å²) in [6.07, 6.45) is 22.1. The minimum atomic E-state index is -3.96. The van der Waals surface area contributed by atoms with Crippen molar-refractivity contribution in [2.75, 3.05) is 6.61 Å². The Morgan fingerprint density at radius 3 is 1.43 bits per heavy atom. The van der Waals surface area contributed by atoms with E-state index in [2.05, 4.69) is 6.92 Å². The Kier molecular flexibility index (Phi) is 16.8. The lowest BCUT2D eigenvalue weighted by atomic mass is 10.0. The molecule has 0 saturated heterocycles. The SMILES string of the molecule is CCCCCCCCCCCCCCCCCCCOS(=O)(=O)Oc1ccccc1. The molecule has 174 valence electrons. The Morgan fingerprint density at radius 1 is 0.600 bits per heavy atom. The fourth-order valence-electron chi connectivity index (χ4n) is 3.61. The van der Waals surface area contributed by atoms with E-state index in [1.165, 1.54) is 89.9 Å². The summed E-state index contributed by atoms with van der Waals surface area (Å²) >= 11 is 0. The summed E-state index contributed by atoms with van der Waals surface area (Å²) in [5, 5.41) is 0. The predicted octanol–water partition coefficient (Wildman–Crippen LogP) is 7.98. The van der Waals surface area contributed by atoms with E-state index < -0.39 is 10.4 Å². The van der Waals surface area contributed by atoms with Crippen molar-refractivity contribution in [3.8, 4) is 5.75 Å². The molecule has 0 aliphatic heterocycles. The molecular weight excluding hydrogens is 396 g/mol. The number of unbranched alkanes of at least 4 members (excludes halogenated alkanes) is 16. The molecule has 5 heteroatoms. The second kappa shape index (κ2) is 18.7. The van der Waals surface area contributed by atoms with E-state index in [1.807, 2.05) is 0 Å². The van der Waals surface area contributed by atoms with E-state index in [0.717, 1.165) is 19.3 Å². The van der Waals surface area contributed by atoms with E-state index in [4.69, 9.17) is 8.37 Å². The van der Waals surface area contributed by atoms with Crippen LogP contribution in [0, 0.1) is 0 Å². The van der Waals surface area contributed by atoms with Crippen molar-refractivity contribution in [1.82, 2.24) is 0 Å². The van der Waals surface area contributed by atoms with E-state index >= 15 is 0 Å². The highest BCUT2D eigenvalue weighted by molar-refractivity contribution is 7.82. The van der Waals surface area contributed by atoms with Crippen molar-refractivity contribution in [3.63, 3.8) is 0 Å². The van der Waals surface area contributed by atoms with Crippen molar-refractivity contribution >= 4 is 10.4 Å². The van der Waals surface area contributed by atoms with E-state index in [9.17, 15) is 8.42 Å². The van der Waals surface area contributed by atoms with Crippen molar-refractivity contribution < 1.29 is 16.8 Å². The Bertz CT molecular complexity index is 586. The van der Waals surface area contributed by atoms with Crippen LogP contribution in [0.4, 0.5) is 0 Å². The normalized spacial score (nSPS) is 11.6. The number of rotatable bonds is 21. The first-order valence-corrected chi connectivity index (χ1v) is 13.6. The second-order valence-electron chi connectivity index (χ2n) is 8.28. The summed E-state index contributed by atoms with van der Waals surface area (Å²) in [5.74, 6) is 0.278. The Morgan fingerprint density at radius 2 is 1.00 bits per heavy atom. The van der Waals surface area contributed by atoms with Crippen LogP contribution < -0.4 is 4.18 Å². The molecule has 1 aromatic carbocycles. The van der Waals surface area contributed by atoms with Crippen LogP contribution in [-0.2, 0) is 14.6 Å². The molecule has 0 aliphatic rings. The zero-order valence-electron chi connectivity index (χ0n) is 19.2. The summed E-state index contributed by atoms with van der Waals surface area (Å²) in [5.41, 5.74) is 0. The summed E-state index contributed by atoms with van der Waals surface area (Å²) in [7, 11) is -3.96. The highest BCUT2D eigenvalue weighted by Gasteiger charge is 2.12. The van der Waals surface area contributed by atoms with Gasteiger partial charge in [-0.05, 0) is 18.6 Å². The van der Waals surface area contributed by atoms with Gasteiger partial charge in [0, 0.05) is 0 Å². The molecule has 0 amide bonds. The van der Waals surface area contributed by atoms with Crippen LogP contribution in [0.3, 0.4) is 0 Å². The van der Waals surface area contributed by atoms with Crippen LogP contribution in [0.25, 0.3) is 0 Å². The molecule has 1 rings (SSSR count). The lowest BCUT2D eigenvalue weighted by molar-refractivity contribution is 0.265. The lowest BCUT2D eigenvalue weighted by Gasteiger charge is -2.07. The zero-order valence-corrected chi connectivity index (χ0v) is 20.0. The number of benzene rings is 1. The molecule has 0 atom stereocenters. The van der Waals surface area contributed by atoms with Gasteiger partial charge >= 0.3 is 10.4 Å². The molecule has 0 radical (unpaired) electrons. The van der Waals surface area contributed by atoms with Gasteiger partial charge in [-0.25, -0.2) is 4.18 Å². The van der Waals surface area contributed by atoms with Gasteiger partial charge in [-0.2, -0.15) is 8.42 Å². The Labute approximate surface area is 186 Å². The molecule has 0 saturated carbocycles. The smallest absolute Gasteiger partial charge is 0.362 e. The maximum Gasteiger partial charge on any atom is 0.449 e. The van der Waals surface area contributed by atoms with E-state index in [0.29, 0.717) is 0 Å². The first-order valence-electron chi connectivity index (χ1n) is 12.3. The average Bonchev–Trinajstić information content (AvgIpc) is 2.73. The van der Waals surface area contributed by atoms with Crippen molar-refractivity contribution in [2.45, 2.75) is 116 Å². The van der Waals surface area contributed by atoms with Crippen LogP contribution in [0.1, 0.15) is 116 Å². The largest absolute Gasteiger partial charge is 0.449 e. The number of para-hydroxylation sites is 1. The average molecular weight is 441 g/mol. The molecule has 0 aromatic heterocycles. The van der Waals surface area contributed by atoms with Gasteiger partial charge in [0.15, 0.2) is 0 Å². The standard InChI is InChI=1S/C25H44O4S/c1-2-3-4-5-6-7-8-9-10-11-12-13-14-15-16-17-21-24-28-30(26,27)29-25-22-19-18-20-23-25/h18-20,22-23H,2-17,21,24H2,1H3. The molecule has 0 aliphatic carbocycles. The third-order valence-corrected chi connectivity index (χ3v) is 6.27. The Balaban J connectivity index is 1.80. The van der Waals surface area contributed by atoms with Crippen LogP contribution in [0.5, 0.6) is 5.75 Å². The fourth-order valence-corrected chi connectivity index (χ4v) is 4.32. The minimum Gasteiger partial charge on any atom is -0.362 e. The van der Waals surface area contributed by atoms with Gasteiger partial charge < -0.3 is 4.18 Å². The first kappa shape index (κ1) is 27.0. The highest BCUT2D eigenvalue weighted by Crippen LogP contribution is 2.15. The molecule has 4 nitrogen and oxygen atoms in total. The molecule has 30 heavy (non-hydrogen) atoms. The van der Waals surface area contributed by atoms with Gasteiger partial charge in [-0.15, -0.1) is 0 Å². The molecule has 0 N–H and O–H groups in total. The molecule has 1 aromatic rings. The van der Waals surface area contributed by atoms with Crippen LogP contribution in [0.2, 0.25) is 0 Å². The lowest BCUT2D eigenvalue weighted by Crippen LogP contribution is -2.14. The van der Waals surface area contributed by atoms with Gasteiger partial charge in [0.2, 0.25) is 0 Å². The summed E-state index contributed by atoms with van der Waals surface area (Å²) < 4.78 is 33.2. The molecular formula is C25H44O4S. The fraction of sp³-hybridized carbons (Fsp3) is 0.760. The minimum absolute atomic E-state index is 0.188. The topological polar surface area (TPSA) is 52.6 Å². The monoisotopic (exact) mass is 440 g/mol. The first-order chi connectivity index (χ1) is 14.6. The van der Waals surface area contributed by atoms with Gasteiger partial charge in [0.05, 0.1) is 6.61 Å². The molecule has 0 bridgehead atoms. The van der Waals surface area contributed by atoms with Crippen molar-refractivity contribution in [2.24, 2.45) is 0 Å². The molecule has 0 fully saturated rings. The summed E-state index contributed by atoms with van der Waals surface area (Å²) in [4.78, 5) is 0. The maximum atomic E-state index is 11.7. The van der Waals surface area contributed by atoms with Crippen LogP contribution in [-0.4, -0.2) is 15.0 Å². The van der Waals surface area contributed by atoms with Crippen LogP contribution in [0.15, 0.2) is 30.3 Å². The van der Waals surface area contributed by atoms with Gasteiger partial charge in [0.25, 0.3) is 0 Å². The molecule has 0 unspecified atom stereocenters. The maximum absolute atomic E-state index is 11.7. The molecule has 0 spiro atoms. The zero-order chi connectivity index (χ0) is 21.8. The predicted molar refractivity (Wildman–Crippen MR) is 126 cm³/mol. The highest BCUT2D eigenvalue weighted by atomic mass is 32.3. The van der Waals surface area contributed by atoms with Crippen molar-refractivity contribution in [1.29, 1.82) is 0 Å². The quantitative estimate of drug-likeness (QED) is 0.182. The van der Waals surface area contributed by atoms with E-state index in [1.54, 1.807) is 30.3 Å². The summed E-state index contributed by atoms with van der Waals surface area (Å²) in [6.45, 7) is 2.46. The molecule has 0 heterocycles.